The molecule has 6 heteroatoms. The number of urea groups is 1. The first-order chi connectivity index (χ1) is 9.95. The van der Waals surface area contributed by atoms with Crippen molar-refractivity contribution in [1.82, 2.24) is 14.7 Å². The quantitative estimate of drug-likeness (QED) is 0.853. The van der Waals surface area contributed by atoms with Crippen molar-refractivity contribution in [3.05, 3.63) is 0 Å². The van der Waals surface area contributed by atoms with Gasteiger partial charge in [-0.25, -0.2) is 4.79 Å². The highest BCUT2D eigenvalue weighted by Gasteiger charge is 2.40. The van der Waals surface area contributed by atoms with Gasteiger partial charge in [0.15, 0.2) is 0 Å². The Hall–Kier alpha value is -1.30. The van der Waals surface area contributed by atoms with Gasteiger partial charge in [-0.3, -0.25) is 4.79 Å². The van der Waals surface area contributed by atoms with Crippen LogP contribution in [0.3, 0.4) is 0 Å². The van der Waals surface area contributed by atoms with E-state index in [1.807, 2.05) is 18.9 Å². The molecule has 2 rings (SSSR count). The van der Waals surface area contributed by atoms with Crippen LogP contribution in [0.25, 0.3) is 0 Å². The number of carboxylic acids is 1. The number of hydrogen-bond donors (Lipinski definition) is 1. The lowest BCUT2D eigenvalue weighted by Crippen LogP contribution is -2.51. The van der Waals surface area contributed by atoms with Crippen molar-refractivity contribution < 1.29 is 14.7 Å². The Labute approximate surface area is 126 Å². The Morgan fingerprint density at radius 2 is 1.81 bits per heavy atom. The molecule has 2 saturated heterocycles. The maximum absolute atomic E-state index is 12.6. The summed E-state index contributed by atoms with van der Waals surface area (Å²) >= 11 is 0. The molecule has 0 aromatic carbocycles. The van der Waals surface area contributed by atoms with Crippen molar-refractivity contribution in [2.24, 2.45) is 5.92 Å². The fourth-order valence-electron chi connectivity index (χ4n) is 3.52. The highest BCUT2D eigenvalue weighted by atomic mass is 16.4. The standard InChI is InChI=1S/C15H27N3O3/c1-4-17-8-5-12(6-9-17)16(3)15(21)18-10-7-13(11(18)2)14(19)20/h11-13H,4-10H2,1-3H3,(H,19,20). The molecule has 2 atom stereocenters. The minimum atomic E-state index is -0.795. The van der Waals surface area contributed by atoms with Crippen molar-refractivity contribution in [2.45, 2.75) is 45.2 Å². The Kier molecular flexibility index (Phi) is 5.08. The molecule has 1 N–H and O–H groups in total. The molecule has 0 bridgehead atoms. The van der Waals surface area contributed by atoms with Gasteiger partial charge in [-0.15, -0.1) is 0 Å². The van der Waals surface area contributed by atoms with Gasteiger partial charge in [0, 0.05) is 38.8 Å². The van der Waals surface area contributed by atoms with Gasteiger partial charge in [0.05, 0.1) is 5.92 Å². The predicted octanol–water partition coefficient (Wildman–Crippen LogP) is 1.32. The third-order valence-electron chi connectivity index (χ3n) is 5.17. The Balaban J connectivity index is 1.93. The smallest absolute Gasteiger partial charge is 0.320 e. The molecule has 0 aromatic rings. The molecule has 6 nitrogen and oxygen atoms in total. The largest absolute Gasteiger partial charge is 0.481 e. The van der Waals surface area contributed by atoms with E-state index in [0.29, 0.717) is 13.0 Å². The summed E-state index contributed by atoms with van der Waals surface area (Å²) in [6.07, 6.45) is 2.56. The fraction of sp³-hybridized carbons (Fsp3) is 0.867. The van der Waals surface area contributed by atoms with Crippen molar-refractivity contribution in [3.8, 4) is 0 Å². The summed E-state index contributed by atoms with van der Waals surface area (Å²) in [5.41, 5.74) is 0. The molecule has 2 unspecified atom stereocenters. The molecule has 120 valence electrons. The van der Waals surface area contributed by atoms with Gasteiger partial charge in [0.2, 0.25) is 0 Å². The zero-order chi connectivity index (χ0) is 15.6. The van der Waals surface area contributed by atoms with Crippen molar-refractivity contribution in [3.63, 3.8) is 0 Å². The number of aliphatic carboxylic acids is 1. The van der Waals surface area contributed by atoms with Crippen LogP contribution in [0.5, 0.6) is 0 Å². The minimum absolute atomic E-state index is 0.0128. The van der Waals surface area contributed by atoms with E-state index >= 15 is 0 Å². The van der Waals surface area contributed by atoms with Crippen LogP contribution in [0.15, 0.2) is 0 Å². The molecule has 0 radical (unpaired) electrons. The van der Waals surface area contributed by atoms with E-state index in [2.05, 4.69) is 11.8 Å². The molecular weight excluding hydrogens is 270 g/mol. The van der Waals surface area contributed by atoms with Gasteiger partial charge < -0.3 is 19.8 Å². The number of carbonyl (C=O) groups excluding carboxylic acids is 1. The zero-order valence-corrected chi connectivity index (χ0v) is 13.3. The third kappa shape index (κ3) is 3.31. The summed E-state index contributed by atoms with van der Waals surface area (Å²) in [4.78, 5) is 29.7. The second-order valence-electron chi connectivity index (χ2n) is 6.23. The predicted molar refractivity (Wildman–Crippen MR) is 80.2 cm³/mol. The molecule has 2 heterocycles. The number of carbonyl (C=O) groups is 2. The maximum atomic E-state index is 12.6. The van der Waals surface area contributed by atoms with E-state index in [9.17, 15) is 9.59 Å². The van der Waals surface area contributed by atoms with Crippen LogP contribution in [0.4, 0.5) is 4.79 Å². The highest BCUT2D eigenvalue weighted by molar-refractivity contribution is 5.78. The first kappa shape index (κ1) is 16.1. The molecule has 2 fully saturated rings. The molecular formula is C15H27N3O3. The van der Waals surface area contributed by atoms with Crippen LogP contribution in [0, 0.1) is 5.92 Å². The van der Waals surface area contributed by atoms with E-state index < -0.39 is 11.9 Å². The van der Waals surface area contributed by atoms with Crippen LogP contribution < -0.4 is 0 Å². The Morgan fingerprint density at radius 1 is 1.19 bits per heavy atom. The van der Waals surface area contributed by atoms with Crippen LogP contribution in [0.1, 0.15) is 33.1 Å². The summed E-state index contributed by atoms with van der Waals surface area (Å²) in [6.45, 7) is 7.69. The van der Waals surface area contributed by atoms with Gasteiger partial charge in [-0.1, -0.05) is 6.92 Å². The molecule has 2 aliphatic rings. The first-order valence-corrected chi connectivity index (χ1v) is 7.94. The number of amides is 2. The van der Waals surface area contributed by atoms with E-state index in [0.717, 1.165) is 32.5 Å². The lowest BCUT2D eigenvalue weighted by molar-refractivity contribution is -0.142. The topological polar surface area (TPSA) is 64.1 Å². The van der Waals surface area contributed by atoms with Crippen molar-refractivity contribution >= 4 is 12.0 Å². The number of carboxylic acid groups (broad SMARTS) is 1. The van der Waals surface area contributed by atoms with Crippen LogP contribution in [0.2, 0.25) is 0 Å². The molecule has 21 heavy (non-hydrogen) atoms. The SMILES string of the molecule is CCN1CCC(N(C)C(=O)N2CCC(C(=O)O)C2C)CC1. The van der Waals surface area contributed by atoms with Gasteiger partial charge in [0.1, 0.15) is 0 Å². The number of hydrogen-bond acceptors (Lipinski definition) is 3. The number of likely N-dealkylation sites (tertiary alicyclic amines) is 2. The van der Waals surface area contributed by atoms with Gasteiger partial charge >= 0.3 is 12.0 Å². The summed E-state index contributed by atoms with van der Waals surface area (Å²) in [6, 6.07) is 0.0470. The lowest BCUT2D eigenvalue weighted by atomic mass is 10.0. The van der Waals surface area contributed by atoms with Gasteiger partial charge in [-0.2, -0.15) is 0 Å². The second-order valence-corrected chi connectivity index (χ2v) is 6.23. The summed E-state index contributed by atoms with van der Waals surface area (Å²) in [5.74, 6) is -1.22. The Morgan fingerprint density at radius 3 is 2.29 bits per heavy atom. The Bertz CT molecular complexity index is 394. The third-order valence-corrected chi connectivity index (χ3v) is 5.17. The lowest BCUT2D eigenvalue weighted by Gasteiger charge is -2.38. The van der Waals surface area contributed by atoms with Crippen LogP contribution >= 0.6 is 0 Å². The molecule has 0 saturated carbocycles. The van der Waals surface area contributed by atoms with E-state index in [1.165, 1.54) is 0 Å². The monoisotopic (exact) mass is 297 g/mol. The van der Waals surface area contributed by atoms with Crippen LogP contribution in [-0.2, 0) is 4.79 Å². The van der Waals surface area contributed by atoms with Gasteiger partial charge in [-0.05, 0) is 32.7 Å². The molecule has 0 spiro atoms. The molecule has 2 amide bonds. The van der Waals surface area contributed by atoms with Crippen molar-refractivity contribution in [1.29, 1.82) is 0 Å². The average molecular weight is 297 g/mol. The zero-order valence-electron chi connectivity index (χ0n) is 13.3. The van der Waals surface area contributed by atoms with E-state index in [1.54, 1.807) is 4.90 Å². The normalized spacial score (nSPS) is 27.9. The highest BCUT2D eigenvalue weighted by Crippen LogP contribution is 2.26. The van der Waals surface area contributed by atoms with Crippen LogP contribution in [-0.4, -0.2) is 77.1 Å². The molecule has 0 aromatic heterocycles. The summed E-state index contributed by atoms with van der Waals surface area (Å²) in [5, 5.41) is 9.17. The van der Waals surface area contributed by atoms with Gasteiger partial charge in [0.25, 0.3) is 0 Å². The number of rotatable bonds is 3. The second kappa shape index (κ2) is 6.64. The molecule has 2 aliphatic heterocycles. The summed E-state index contributed by atoms with van der Waals surface area (Å²) < 4.78 is 0. The maximum Gasteiger partial charge on any atom is 0.320 e. The average Bonchev–Trinajstić information content (AvgIpc) is 2.87. The van der Waals surface area contributed by atoms with E-state index in [4.69, 9.17) is 5.11 Å². The van der Waals surface area contributed by atoms with E-state index in [-0.39, 0.29) is 18.1 Å². The minimum Gasteiger partial charge on any atom is -0.481 e. The number of nitrogens with zero attached hydrogens (tertiary/aromatic N) is 3. The fourth-order valence-corrected chi connectivity index (χ4v) is 3.52. The summed E-state index contributed by atoms with van der Waals surface area (Å²) in [7, 11) is 1.86. The number of piperidine rings is 1. The molecule has 0 aliphatic carbocycles. The first-order valence-electron chi connectivity index (χ1n) is 7.94. The van der Waals surface area contributed by atoms with Crippen molar-refractivity contribution in [2.75, 3.05) is 33.2 Å².